The van der Waals surface area contributed by atoms with Crippen LogP contribution >= 0.6 is 0 Å². The molecule has 0 aliphatic heterocycles. The van der Waals surface area contributed by atoms with E-state index in [1.807, 2.05) is 13.0 Å². The number of hydrogen-bond acceptors (Lipinski definition) is 5. The quantitative estimate of drug-likeness (QED) is 0.726. The number of rotatable bonds is 3. The van der Waals surface area contributed by atoms with Crippen LogP contribution in [0.15, 0.2) is 11.6 Å². The van der Waals surface area contributed by atoms with Crippen molar-refractivity contribution >= 4 is 17.3 Å². The Balaban J connectivity index is 1.66. The molecule has 0 amide bonds. The molecular formula is C23H32O5. The minimum absolute atomic E-state index is 0.0434. The fraction of sp³-hybridized carbons (Fsp3) is 0.783. The van der Waals surface area contributed by atoms with Gasteiger partial charge in [0.1, 0.15) is 5.60 Å². The van der Waals surface area contributed by atoms with Crippen molar-refractivity contribution in [2.75, 3.05) is 0 Å². The first-order valence-corrected chi connectivity index (χ1v) is 10.7. The monoisotopic (exact) mass is 388 g/mol. The molecule has 5 nitrogen and oxygen atoms in total. The second-order valence-corrected chi connectivity index (χ2v) is 10.2. The van der Waals surface area contributed by atoms with E-state index in [0.717, 1.165) is 32.1 Å². The highest BCUT2D eigenvalue weighted by atomic mass is 16.3. The first kappa shape index (κ1) is 20.0. The molecule has 0 spiro atoms. The molecular weight excluding hydrogens is 356 g/mol. The summed E-state index contributed by atoms with van der Waals surface area (Å²) in [5, 5.41) is 21.5. The lowest BCUT2D eigenvalue weighted by Gasteiger charge is -2.59. The number of aliphatic hydroxyl groups is 2. The summed E-state index contributed by atoms with van der Waals surface area (Å²) >= 11 is 0. The predicted octanol–water partition coefficient (Wildman–Crippen LogP) is 2.77. The lowest BCUT2D eigenvalue weighted by molar-refractivity contribution is -0.171. The summed E-state index contributed by atoms with van der Waals surface area (Å²) in [5.74, 6) is 0.000516. The molecule has 4 aliphatic carbocycles. The minimum atomic E-state index is -1.74. The highest BCUT2D eigenvalue weighted by molar-refractivity contribution is 6.08. The number of carbonyl (C=O) groups is 3. The van der Waals surface area contributed by atoms with Gasteiger partial charge in [-0.15, -0.1) is 0 Å². The van der Waals surface area contributed by atoms with Crippen LogP contribution in [-0.2, 0) is 14.4 Å². The lowest BCUT2D eigenvalue weighted by atomic mass is 9.46. The Kier molecular flexibility index (Phi) is 4.51. The first-order chi connectivity index (χ1) is 13.0. The van der Waals surface area contributed by atoms with Crippen LogP contribution in [0, 0.1) is 28.6 Å². The normalized spacial score (nSPS) is 46.1. The van der Waals surface area contributed by atoms with Crippen LogP contribution in [0.3, 0.4) is 0 Å². The third kappa shape index (κ3) is 2.48. The van der Waals surface area contributed by atoms with Gasteiger partial charge < -0.3 is 10.2 Å². The van der Waals surface area contributed by atoms with Crippen LogP contribution in [0.2, 0.25) is 0 Å². The van der Waals surface area contributed by atoms with Gasteiger partial charge in [0.15, 0.2) is 17.7 Å². The summed E-state index contributed by atoms with van der Waals surface area (Å²) in [6, 6.07) is 0. The van der Waals surface area contributed by atoms with Gasteiger partial charge in [-0.2, -0.15) is 0 Å². The Bertz CT molecular complexity index is 769. The smallest absolute Gasteiger partial charge is 0.200 e. The van der Waals surface area contributed by atoms with Crippen molar-refractivity contribution in [1.82, 2.24) is 0 Å². The number of ketones is 3. The molecule has 4 aliphatic rings. The fourth-order valence-corrected chi connectivity index (χ4v) is 7.39. The number of carbonyl (C=O) groups excluding carboxylic acids is 3. The van der Waals surface area contributed by atoms with Crippen molar-refractivity contribution in [1.29, 1.82) is 0 Å². The van der Waals surface area contributed by atoms with Gasteiger partial charge >= 0.3 is 0 Å². The second kappa shape index (κ2) is 6.33. The molecule has 0 heterocycles. The Morgan fingerprint density at radius 2 is 1.75 bits per heavy atom. The van der Waals surface area contributed by atoms with Gasteiger partial charge in [0, 0.05) is 11.8 Å². The molecule has 7 atom stereocenters. The second-order valence-electron chi connectivity index (χ2n) is 10.2. The Hall–Kier alpha value is -1.33. The van der Waals surface area contributed by atoms with Crippen LogP contribution in [0.4, 0.5) is 0 Å². The van der Waals surface area contributed by atoms with Crippen molar-refractivity contribution in [2.24, 2.45) is 28.6 Å². The average Bonchev–Trinajstić information content (AvgIpc) is 2.93. The van der Waals surface area contributed by atoms with E-state index in [4.69, 9.17) is 0 Å². The van der Waals surface area contributed by atoms with E-state index in [9.17, 15) is 24.6 Å². The molecule has 2 N–H and O–H groups in total. The predicted molar refractivity (Wildman–Crippen MR) is 103 cm³/mol. The molecule has 28 heavy (non-hydrogen) atoms. The molecule has 5 heteroatoms. The molecule has 0 bridgehead atoms. The van der Waals surface area contributed by atoms with Crippen LogP contribution in [-0.4, -0.2) is 39.3 Å². The van der Waals surface area contributed by atoms with Gasteiger partial charge in [0.25, 0.3) is 0 Å². The number of Topliss-reactive ketones (excluding diaryl/α,β-unsaturated/α-hetero) is 2. The average molecular weight is 389 g/mol. The van der Waals surface area contributed by atoms with E-state index in [-0.39, 0.29) is 17.1 Å². The van der Waals surface area contributed by atoms with Crippen LogP contribution < -0.4 is 0 Å². The van der Waals surface area contributed by atoms with Crippen LogP contribution in [0.5, 0.6) is 0 Å². The lowest BCUT2D eigenvalue weighted by Crippen LogP contribution is -2.60. The zero-order chi connectivity index (χ0) is 20.5. The number of aliphatic hydroxyl groups excluding tert-OH is 1. The summed E-state index contributed by atoms with van der Waals surface area (Å²) in [5.41, 5.74) is -0.899. The van der Waals surface area contributed by atoms with Gasteiger partial charge in [0.2, 0.25) is 5.78 Å². The number of fused-ring (bicyclic) bond motifs is 5. The maximum atomic E-state index is 12.9. The maximum Gasteiger partial charge on any atom is 0.200 e. The molecule has 3 saturated carbocycles. The topological polar surface area (TPSA) is 91.7 Å². The van der Waals surface area contributed by atoms with Gasteiger partial charge in [-0.1, -0.05) is 19.4 Å². The maximum absolute atomic E-state index is 12.9. The van der Waals surface area contributed by atoms with Crippen LogP contribution in [0.1, 0.15) is 72.1 Å². The van der Waals surface area contributed by atoms with E-state index >= 15 is 0 Å². The van der Waals surface area contributed by atoms with Crippen molar-refractivity contribution in [3.8, 4) is 0 Å². The van der Waals surface area contributed by atoms with Gasteiger partial charge in [-0.25, -0.2) is 0 Å². The molecule has 3 fully saturated rings. The highest BCUT2D eigenvalue weighted by Gasteiger charge is 2.67. The molecule has 154 valence electrons. The molecule has 0 aromatic heterocycles. The van der Waals surface area contributed by atoms with Crippen LogP contribution in [0.25, 0.3) is 0 Å². The van der Waals surface area contributed by atoms with E-state index in [0.29, 0.717) is 31.1 Å². The molecule has 0 radical (unpaired) electrons. The Labute approximate surface area is 166 Å². The zero-order valence-electron chi connectivity index (χ0n) is 17.2. The summed E-state index contributed by atoms with van der Waals surface area (Å²) in [7, 11) is 0. The molecule has 0 saturated heterocycles. The first-order valence-electron chi connectivity index (χ1n) is 10.7. The molecule has 0 aromatic carbocycles. The third-order valence-corrected chi connectivity index (χ3v) is 9.15. The largest absolute Gasteiger partial charge is 0.381 e. The van der Waals surface area contributed by atoms with Crippen molar-refractivity contribution < 1.29 is 24.6 Å². The van der Waals surface area contributed by atoms with E-state index < -0.39 is 28.7 Å². The van der Waals surface area contributed by atoms with Gasteiger partial charge in [-0.3, -0.25) is 14.4 Å². The van der Waals surface area contributed by atoms with E-state index in [2.05, 4.69) is 6.92 Å². The fourth-order valence-electron chi connectivity index (χ4n) is 7.39. The Morgan fingerprint density at radius 3 is 2.43 bits per heavy atom. The summed E-state index contributed by atoms with van der Waals surface area (Å²) < 4.78 is 0. The highest BCUT2D eigenvalue weighted by Crippen LogP contribution is 2.67. The van der Waals surface area contributed by atoms with Gasteiger partial charge in [0.05, 0.1) is 0 Å². The number of allylic oxidation sites excluding steroid dienone is 1. The van der Waals surface area contributed by atoms with Crippen molar-refractivity contribution in [3.63, 3.8) is 0 Å². The van der Waals surface area contributed by atoms with Crippen molar-refractivity contribution in [2.45, 2.75) is 83.8 Å². The third-order valence-electron chi connectivity index (χ3n) is 9.15. The minimum Gasteiger partial charge on any atom is -0.381 e. The SMILES string of the molecule is CC(=O)C(O)C(=O)[C@@]1(O)CC[C@H]2[C@@H]3CCC4=CC(=O)CC[C@]4(C)[C@H]3CC[C@@]21C. The summed E-state index contributed by atoms with van der Waals surface area (Å²) in [4.78, 5) is 36.4. The summed E-state index contributed by atoms with van der Waals surface area (Å²) in [6.07, 6.45) is 6.24. The molecule has 1 unspecified atom stereocenters. The standard InChI is InChI=1S/C23H32O5/c1-13(24)19(26)20(27)23(28)11-8-18-16-5-4-14-12-15(25)6-9-21(14,2)17(16)7-10-22(18,23)3/h12,16-19,26,28H,4-11H2,1-3H3/t16-,17+,18+,19?,21+,22+,23+/m1/s1. The zero-order valence-corrected chi connectivity index (χ0v) is 17.2. The Morgan fingerprint density at radius 1 is 1.07 bits per heavy atom. The van der Waals surface area contributed by atoms with E-state index in [1.54, 1.807) is 0 Å². The van der Waals surface area contributed by atoms with E-state index in [1.165, 1.54) is 12.5 Å². The van der Waals surface area contributed by atoms with Crippen molar-refractivity contribution in [3.05, 3.63) is 11.6 Å². The molecule has 4 rings (SSSR count). The number of hydrogen-bond donors (Lipinski definition) is 2. The molecule has 0 aromatic rings. The summed E-state index contributed by atoms with van der Waals surface area (Å²) in [6.45, 7) is 5.48. The van der Waals surface area contributed by atoms with Gasteiger partial charge in [-0.05, 0) is 81.1 Å².